The van der Waals surface area contributed by atoms with Crippen LogP contribution in [0.1, 0.15) is 50.5 Å². The topological polar surface area (TPSA) is 54.9 Å². The highest BCUT2D eigenvalue weighted by atomic mass is 32.2. The maximum atomic E-state index is 12.3. The van der Waals surface area contributed by atoms with E-state index in [1.165, 1.54) is 16.9 Å². The van der Waals surface area contributed by atoms with Crippen LogP contribution in [0.15, 0.2) is 28.6 Å². The molecule has 0 saturated heterocycles. The Balaban J connectivity index is 1.99. The molecule has 0 spiro atoms. The number of rotatable bonds is 5. The van der Waals surface area contributed by atoms with E-state index in [1.807, 2.05) is 24.3 Å². The van der Waals surface area contributed by atoms with Gasteiger partial charge in [-0.2, -0.15) is 0 Å². The summed E-state index contributed by atoms with van der Waals surface area (Å²) in [5.41, 5.74) is 1.92. The van der Waals surface area contributed by atoms with E-state index in [9.17, 15) is 4.79 Å². The number of carbonyl (C=O) groups is 1. The number of thioether (sulfide) groups is 1. The third kappa shape index (κ3) is 5.32. The van der Waals surface area contributed by atoms with Crippen molar-refractivity contribution in [1.82, 2.24) is 10.2 Å². The van der Waals surface area contributed by atoms with Gasteiger partial charge in [-0.1, -0.05) is 69.9 Å². The van der Waals surface area contributed by atoms with Crippen molar-refractivity contribution in [2.24, 2.45) is 5.92 Å². The molecule has 0 atom stereocenters. The van der Waals surface area contributed by atoms with Gasteiger partial charge in [0.05, 0.1) is 0 Å². The summed E-state index contributed by atoms with van der Waals surface area (Å²) in [6.45, 7) is 10.8. The van der Waals surface area contributed by atoms with Crippen molar-refractivity contribution >= 4 is 34.1 Å². The molecule has 0 unspecified atom stereocenters. The summed E-state index contributed by atoms with van der Waals surface area (Å²) in [5, 5.41) is 11.5. The highest BCUT2D eigenvalue weighted by Gasteiger charge is 2.15. The first-order valence-electron chi connectivity index (χ1n) is 7.64. The molecule has 2 aromatic rings. The van der Waals surface area contributed by atoms with Crippen LogP contribution in [0, 0.1) is 5.92 Å². The third-order valence-corrected chi connectivity index (χ3v) is 5.58. The normalized spacial score (nSPS) is 11.7. The van der Waals surface area contributed by atoms with Gasteiger partial charge in [-0.15, -0.1) is 10.2 Å². The molecule has 1 aromatic carbocycles. The molecule has 6 heteroatoms. The standard InChI is InChI=1S/C17H23N3OS2/c1-11(2)10-22-16-20-19-15(23-16)18-14(21)12-6-8-13(9-7-12)17(3,4)5/h6-9,11H,10H2,1-5H3,(H,18,19,21). The Morgan fingerprint density at radius 3 is 2.43 bits per heavy atom. The molecule has 0 saturated carbocycles. The number of hydrogen-bond donors (Lipinski definition) is 1. The van der Waals surface area contributed by atoms with Crippen molar-refractivity contribution in [3.8, 4) is 0 Å². The van der Waals surface area contributed by atoms with Crippen LogP contribution >= 0.6 is 23.1 Å². The lowest BCUT2D eigenvalue weighted by Gasteiger charge is -2.18. The minimum atomic E-state index is -0.151. The summed E-state index contributed by atoms with van der Waals surface area (Å²) in [6.07, 6.45) is 0. The molecule has 0 aliphatic heterocycles. The Hall–Kier alpha value is -1.40. The number of nitrogens with one attached hydrogen (secondary N) is 1. The predicted octanol–water partition coefficient (Wildman–Crippen LogP) is 4.84. The first-order valence-corrected chi connectivity index (χ1v) is 9.44. The van der Waals surface area contributed by atoms with Gasteiger partial charge < -0.3 is 0 Å². The van der Waals surface area contributed by atoms with Crippen molar-refractivity contribution in [3.05, 3.63) is 35.4 Å². The Bertz CT molecular complexity index is 657. The largest absolute Gasteiger partial charge is 0.296 e. The van der Waals surface area contributed by atoms with Gasteiger partial charge in [-0.05, 0) is 29.0 Å². The van der Waals surface area contributed by atoms with Gasteiger partial charge in [0.2, 0.25) is 5.13 Å². The fraction of sp³-hybridized carbons (Fsp3) is 0.471. The molecule has 0 aliphatic rings. The molecule has 0 bridgehead atoms. The second-order valence-corrected chi connectivity index (χ2v) is 9.10. The summed E-state index contributed by atoms with van der Waals surface area (Å²) < 4.78 is 0.886. The van der Waals surface area contributed by atoms with E-state index >= 15 is 0 Å². The van der Waals surface area contributed by atoms with E-state index in [2.05, 4.69) is 50.1 Å². The molecule has 1 N–H and O–H groups in total. The van der Waals surface area contributed by atoms with Gasteiger partial charge in [0, 0.05) is 11.3 Å². The Labute approximate surface area is 146 Å². The predicted molar refractivity (Wildman–Crippen MR) is 98.6 cm³/mol. The summed E-state index contributed by atoms with van der Waals surface area (Å²) >= 11 is 3.08. The van der Waals surface area contributed by atoms with Crippen LogP contribution in [0.4, 0.5) is 5.13 Å². The van der Waals surface area contributed by atoms with E-state index in [0.29, 0.717) is 16.6 Å². The molecule has 4 nitrogen and oxygen atoms in total. The second kappa shape index (κ2) is 7.45. The average Bonchev–Trinajstić information content (AvgIpc) is 2.92. The lowest BCUT2D eigenvalue weighted by atomic mass is 9.87. The van der Waals surface area contributed by atoms with Gasteiger partial charge in [0.15, 0.2) is 4.34 Å². The SMILES string of the molecule is CC(C)CSc1nnc(NC(=O)c2ccc(C(C)(C)C)cc2)s1. The zero-order chi connectivity index (χ0) is 17.0. The zero-order valence-electron chi connectivity index (χ0n) is 14.2. The van der Waals surface area contributed by atoms with Crippen molar-refractivity contribution < 1.29 is 4.79 Å². The van der Waals surface area contributed by atoms with Crippen LogP contribution in [0.5, 0.6) is 0 Å². The molecule has 0 radical (unpaired) electrons. The van der Waals surface area contributed by atoms with Crippen LogP contribution in [-0.4, -0.2) is 21.9 Å². The molecule has 124 valence electrons. The quantitative estimate of drug-likeness (QED) is 0.620. The molecule has 1 heterocycles. The first-order chi connectivity index (χ1) is 10.8. The molecular weight excluding hydrogens is 326 g/mol. The van der Waals surface area contributed by atoms with Crippen molar-refractivity contribution in [2.75, 3.05) is 11.1 Å². The highest BCUT2D eigenvalue weighted by molar-refractivity contribution is 8.01. The van der Waals surface area contributed by atoms with Crippen LogP contribution in [0.25, 0.3) is 0 Å². The number of benzene rings is 1. The Kier molecular flexibility index (Phi) is 5.81. The lowest BCUT2D eigenvalue weighted by molar-refractivity contribution is 0.102. The molecule has 1 aromatic heterocycles. The van der Waals surface area contributed by atoms with Crippen LogP contribution in [0.3, 0.4) is 0 Å². The Morgan fingerprint density at radius 1 is 1.22 bits per heavy atom. The minimum Gasteiger partial charge on any atom is -0.296 e. The van der Waals surface area contributed by atoms with Gasteiger partial charge >= 0.3 is 0 Å². The maximum Gasteiger partial charge on any atom is 0.257 e. The van der Waals surface area contributed by atoms with Crippen molar-refractivity contribution in [2.45, 2.75) is 44.4 Å². The van der Waals surface area contributed by atoms with Gasteiger partial charge in [0.25, 0.3) is 5.91 Å². The maximum absolute atomic E-state index is 12.3. The summed E-state index contributed by atoms with van der Waals surface area (Å²) in [4.78, 5) is 12.3. The van der Waals surface area contributed by atoms with Gasteiger partial charge in [-0.3, -0.25) is 10.1 Å². The van der Waals surface area contributed by atoms with Gasteiger partial charge in [-0.25, -0.2) is 0 Å². The number of carbonyl (C=O) groups excluding carboxylic acids is 1. The van der Waals surface area contributed by atoms with Gasteiger partial charge in [0.1, 0.15) is 0 Å². The fourth-order valence-corrected chi connectivity index (χ4v) is 3.57. The smallest absolute Gasteiger partial charge is 0.257 e. The van der Waals surface area contributed by atoms with E-state index < -0.39 is 0 Å². The molecule has 23 heavy (non-hydrogen) atoms. The number of nitrogens with zero attached hydrogens (tertiary/aromatic N) is 2. The van der Waals surface area contributed by atoms with Crippen LogP contribution < -0.4 is 5.32 Å². The van der Waals surface area contributed by atoms with Crippen molar-refractivity contribution in [1.29, 1.82) is 0 Å². The molecular formula is C17H23N3OS2. The van der Waals surface area contributed by atoms with Crippen LogP contribution in [-0.2, 0) is 5.41 Å². The first kappa shape index (κ1) is 17.9. The molecule has 0 fully saturated rings. The monoisotopic (exact) mass is 349 g/mol. The summed E-state index contributed by atoms with van der Waals surface area (Å²) in [7, 11) is 0. The Morgan fingerprint density at radius 2 is 1.87 bits per heavy atom. The molecule has 1 amide bonds. The highest BCUT2D eigenvalue weighted by Crippen LogP contribution is 2.27. The van der Waals surface area contributed by atoms with Crippen LogP contribution in [0.2, 0.25) is 0 Å². The van der Waals surface area contributed by atoms with Crippen molar-refractivity contribution in [3.63, 3.8) is 0 Å². The number of aromatic nitrogens is 2. The average molecular weight is 350 g/mol. The minimum absolute atomic E-state index is 0.0801. The summed E-state index contributed by atoms with van der Waals surface area (Å²) in [5.74, 6) is 1.45. The second-order valence-electron chi connectivity index (χ2n) is 6.86. The number of hydrogen-bond acceptors (Lipinski definition) is 5. The molecule has 2 rings (SSSR count). The summed E-state index contributed by atoms with van der Waals surface area (Å²) in [6, 6.07) is 7.70. The number of anilines is 1. The van der Waals surface area contributed by atoms with E-state index in [0.717, 1.165) is 10.1 Å². The third-order valence-electron chi connectivity index (χ3n) is 3.18. The number of amides is 1. The lowest BCUT2D eigenvalue weighted by Crippen LogP contribution is -2.14. The van der Waals surface area contributed by atoms with E-state index in [4.69, 9.17) is 0 Å². The van der Waals surface area contributed by atoms with E-state index in [-0.39, 0.29) is 11.3 Å². The zero-order valence-corrected chi connectivity index (χ0v) is 15.8. The fourth-order valence-electron chi connectivity index (χ4n) is 1.85. The van der Waals surface area contributed by atoms with E-state index in [1.54, 1.807) is 11.8 Å². The molecule has 0 aliphatic carbocycles.